The SMILES string of the molecule is CCC(C)C1CNCCN1CCS(=O)(=O)CC. The highest BCUT2D eigenvalue weighted by Crippen LogP contribution is 2.16. The molecule has 0 bridgehead atoms. The van der Waals surface area contributed by atoms with E-state index in [4.69, 9.17) is 0 Å². The van der Waals surface area contributed by atoms with Crippen molar-refractivity contribution in [2.75, 3.05) is 37.7 Å². The molecule has 1 N–H and O–H groups in total. The average molecular weight is 262 g/mol. The van der Waals surface area contributed by atoms with E-state index in [-0.39, 0.29) is 5.75 Å². The second-order valence-electron chi connectivity index (χ2n) is 4.93. The molecule has 0 aromatic rings. The minimum atomic E-state index is -2.84. The highest BCUT2D eigenvalue weighted by molar-refractivity contribution is 7.91. The Balaban J connectivity index is 2.54. The average Bonchev–Trinajstić information content (AvgIpc) is 2.36. The van der Waals surface area contributed by atoms with Gasteiger partial charge in [0, 0.05) is 38.0 Å². The zero-order valence-electron chi connectivity index (χ0n) is 11.3. The van der Waals surface area contributed by atoms with Crippen LogP contribution in [0.15, 0.2) is 0 Å². The Hall–Kier alpha value is -0.130. The van der Waals surface area contributed by atoms with Gasteiger partial charge in [0.05, 0.1) is 5.75 Å². The van der Waals surface area contributed by atoms with Crippen molar-refractivity contribution in [3.8, 4) is 0 Å². The number of sulfone groups is 1. The third-order valence-electron chi connectivity index (χ3n) is 3.83. The van der Waals surface area contributed by atoms with E-state index in [1.54, 1.807) is 6.92 Å². The largest absolute Gasteiger partial charge is 0.314 e. The lowest BCUT2D eigenvalue weighted by Crippen LogP contribution is -2.54. The number of piperazine rings is 1. The smallest absolute Gasteiger partial charge is 0.151 e. The van der Waals surface area contributed by atoms with E-state index < -0.39 is 9.84 Å². The predicted octanol–water partition coefficient (Wildman–Crippen LogP) is 0.741. The monoisotopic (exact) mass is 262 g/mol. The maximum Gasteiger partial charge on any atom is 0.151 e. The van der Waals surface area contributed by atoms with Crippen LogP contribution in [0.3, 0.4) is 0 Å². The van der Waals surface area contributed by atoms with Gasteiger partial charge in [-0.1, -0.05) is 27.2 Å². The number of hydrogen-bond donors (Lipinski definition) is 1. The molecule has 0 radical (unpaired) electrons. The number of nitrogens with one attached hydrogen (secondary N) is 1. The molecule has 1 aliphatic rings. The van der Waals surface area contributed by atoms with Crippen LogP contribution in [0, 0.1) is 5.92 Å². The highest BCUT2D eigenvalue weighted by atomic mass is 32.2. The van der Waals surface area contributed by atoms with Gasteiger partial charge < -0.3 is 5.32 Å². The minimum Gasteiger partial charge on any atom is -0.314 e. The normalized spacial score (nSPS) is 24.8. The van der Waals surface area contributed by atoms with Crippen molar-refractivity contribution in [1.82, 2.24) is 10.2 Å². The third kappa shape index (κ3) is 4.56. The zero-order chi connectivity index (χ0) is 12.9. The van der Waals surface area contributed by atoms with E-state index in [2.05, 4.69) is 24.1 Å². The summed E-state index contributed by atoms with van der Waals surface area (Å²) in [5, 5.41) is 3.40. The Morgan fingerprint density at radius 2 is 2.12 bits per heavy atom. The summed E-state index contributed by atoms with van der Waals surface area (Å²) in [7, 11) is -2.84. The van der Waals surface area contributed by atoms with Gasteiger partial charge >= 0.3 is 0 Å². The lowest BCUT2D eigenvalue weighted by Gasteiger charge is -2.39. The molecule has 1 heterocycles. The van der Waals surface area contributed by atoms with Gasteiger partial charge in [-0.25, -0.2) is 8.42 Å². The molecule has 1 saturated heterocycles. The first-order chi connectivity index (χ1) is 8.00. The molecule has 0 amide bonds. The first-order valence-corrected chi connectivity index (χ1v) is 8.47. The molecule has 5 heteroatoms. The first kappa shape index (κ1) is 14.9. The summed E-state index contributed by atoms with van der Waals surface area (Å²) in [6, 6.07) is 0.487. The maximum absolute atomic E-state index is 11.5. The molecule has 2 atom stereocenters. The molecule has 1 fully saturated rings. The Kier molecular flexibility index (Phi) is 5.89. The molecule has 17 heavy (non-hydrogen) atoms. The van der Waals surface area contributed by atoms with Crippen molar-refractivity contribution in [3.63, 3.8) is 0 Å². The molecule has 2 unspecified atom stereocenters. The van der Waals surface area contributed by atoms with Crippen molar-refractivity contribution in [2.24, 2.45) is 5.92 Å². The highest BCUT2D eigenvalue weighted by Gasteiger charge is 2.26. The van der Waals surface area contributed by atoms with Crippen LogP contribution >= 0.6 is 0 Å². The van der Waals surface area contributed by atoms with E-state index in [0.717, 1.165) is 26.1 Å². The molecule has 1 rings (SSSR count). The molecule has 102 valence electrons. The van der Waals surface area contributed by atoms with Crippen LogP contribution in [0.5, 0.6) is 0 Å². The van der Waals surface area contributed by atoms with Gasteiger partial charge in [0.1, 0.15) is 0 Å². The van der Waals surface area contributed by atoms with Crippen LogP contribution in [-0.4, -0.2) is 57.0 Å². The molecule has 0 aliphatic carbocycles. The second kappa shape index (κ2) is 6.71. The van der Waals surface area contributed by atoms with Crippen LogP contribution in [0.2, 0.25) is 0 Å². The molecular weight excluding hydrogens is 236 g/mol. The van der Waals surface area contributed by atoms with Crippen LogP contribution in [0.1, 0.15) is 27.2 Å². The molecule has 0 aromatic carbocycles. The number of hydrogen-bond acceptors (Lipinski definition) is 4. The van der Waals surface area contributed by atoms with E-state index >= 15 is 0 Å². The summed E-state index contributed by atoms with van der Waals surface area (Å²) < 4.78 is 23.1. The summed E-state index contributed by atoms with van der Waals surface area (Å²) in [5.41, 5.74) is 0. The summed E-state index contributed by atoms with van der Waals surface area (Å²) in [6.07, 6.45) is 1.14. The van der Waals surface area contributed by atoms with E-state index in [9.17, 15) is 8.42 Å². The maximum atomic E-state index is 11.5. The number of nitrogens with zero attached hydrogens (tertiary/aromatic N) is 1. The molecule has 0 saturated carbocycles. The molecule has 0 spiro atoms. The molecular formula is C12H26N2O2S. The fraction of sp³-hybridized carbons (Fsp3) is 1.00. The summed E-state index contributed by atoms with van der Waals surface area (Å²) in [4.78, 5) is 2.35. The van der Waals surface area contributed by atoms with E-state index in [1.165, 1.54) is 0 Å². The minimum absolute atomic E-state index is 0.257. The number of rotatable bonds is 6. The van der Waals surface area contributed by atoms with Crippen LogP contribution < -0.4 is 5.32 Å². The van der Waals surface area contributed by atoms with Gasteiger partial charge in [0.15, 0.2) is 9.84 Å². The van der Waals surface area contributed by atoms with Crippen molar-refractivity contribution in [2.45, 2.75) is 33.2 Å². The van der Waals surface area contributed by atoms with Gasteiger partial charge in [-0.15, -0.1) is 0 Å². The fourth-order valence-electron chi connectivity index (χ4n) is 2.28. The lowest BCUT2D eigenvalue weighted by molar-refractivity contribution is 0.124. The third-order valence-corrected chi connectivity index (χ3v) is 5.51. The van der Waals surface area contributed by atoms with Gasteiger partial charge in [0.25, 0.3) is 0 Å². The summed E-state index contributed by atoms with van der Waals surface area (Å²) >= 11 is 0. The van der Waals surface area contributed by atoms with Gasteiger partial charge in [-0.3, -0.25) is 4.90 Å². The van der Waals surface area contributed by atoms with Crippen molar-refractivity contribution in [3.05, 3.63) is 0 Å². The Labute approximate surface area is 106 Å². The van der Waals surface area contributed by atoms with Crippen molar-refractivity contribution in [1.29, 1.82) is 0 Å². The topological polar surface area (TPSA) is 49.4 Å². The summed E-state index contributed by atoms with van der Waals surface area (Å²) in [6.45, 7) is 9.78. The first-order valence-electron chi connectivity index (χ1n) is 6.65. The lowest BCUT2D eigenvalue weighted by atomic mass is 9.96. The van der Waals surface area contributed by atoms with Gasteiger partial charge in [-0.2, -0.15) is 0 Å². The van der Waals surface area contributed by atoms with Gasteiger partial charge in [-0.05, 0) is 5.92 Å². The van der Waals surface area contributed by atoms with E-state index in [1.807, 2.05) is 0 Å². The molecule has 0 aromatic heterocycles. The molecule has 4 nitrogen and oxygen atoms in total. The Morgan fingerprint density at radius 1 is 1.41 bits per heavy atom. The zero-order valence-corrected chi connectivity index (χ0v) is 12.1. The van der Waals surface area contributed by atoms with Crippen LogP contribution in [0.4, 0.5) is 0 Å². The van der Waals surface area contributed by atoms with Crippen molar-refractivity contribution >= 4 is 9.84 Å². The van der Waals surface area contributed by atoms with Crippen molar-refractivity contribution < 1.29 is 8.42 Å². The predicted molar refractivity (Wildman–Crippen MR) is 72.0 cm³/mol. The standard InChI is InChI=1S/C12H26N2O2S/c1-4-11(3)12-10-13-6-7-14(12)8-9-17(15,16)5-2/h11-13H,4-10H2,1-3H3. The van der Waals surface area contributed by atoms with Gasteiger partial charge in [0.2, 0.25) is 0 Å². The summed E-state index contributed by atoms with van der Waals surface area (Å²) in [5.74, 6) is 1.18. The Bertz CT molecular complexity index is 316. The fourth-order valence-corrected chi connectivity index (χ4v) is 3.08. The van der Waals surface area contributed by atoms with E-state index in [0.29, 0.717) is 24.3 Å². The van der Waals surface area contributed by atoms with Crippen LogP contribution in [-0.2, 0) is 9.84 Å². The second-order valence-corrected chi connectivity index (χ2v) is 7.40. The molecule has 1 aliphatic heterocycles. The Morgan fingerprint density at radius 3 is 2.71 bits per heavy atom. The van der Waals surface area contributed by atoms with Crippen LogP contribution in [0.25, 0.3) is 0 Å². The quantitative estimate of drug-likeness (QED) is 0.767.